The lowest BCUT2D eigenvalue weighted by Gasteiger charge is -2.12. The lowest BCUT2D eigenvalue weighted by molar-refractivity contribution is -0.0501. The molecule has 6 heteroatoms. The van der Waals surface area contributed by atoms with Crippen LogP contribution in [0.25, 0.3) is 0 Å². The van der Waals surface area contributed by atoms with Gasteiger partial charge in [-0.3, -0.25) is 4.79 Å². The first-order valence-electron chi connectivity index (χ1n) is 3.61. The first kappa shape index (κ1) is 10.4. The van der Waals surface area contributed by atoms with Gasteiger partial charge in [0.25, 0.3) is 0 Å². The van der Waals surface area contributed by atoms with Crippen LogP contribution in [0.4, 0.5) is 8.78 Å². The smallest absolute Gasteiger partial charge is 0.387 e. The maximum absolute atomic E-state index is 11.8. The number of carbonyl (C=O) groups excluding carboxylic acids is 1. The number of rotatable bonds is 3. The van der Waals surface area contributed by atoms with E-state index in [1.165, 1.54) is 24.3 Å². The zero-order chi connectivity index (χ0) is 10.6. The molecule has 0 aromatic heterocycles. The van der Waals surface area contributed by atoms with Gasteiger partial charge in [0.05, 0.1) is 5.56 Å². The van der Waals surface area contributed by atoms with Crippen molar-refractivity contribution in [2.75, 3.05) is 0 Å². The van der Waals surface area contributed by atoms with E-state index in [9.17, 15) is 18.8 Å². The maximum atomic E-state index is 11.8. The Hall–Kier alpha value is -1.69. The molecule has 0 fully saturated rings. The standard InChI is InChI=1S/C8H6F2NO3/c9-8(10)14-6-4-2-1-3-5(6)7(12)11-13/h1-4,8H,(H-,11,12,13)/q-1. The molecule has 0 bridgehead atoms. The lowest BCUT2D eigenvalue weighted by Crippen LogP contribution is -2.17. The van der Waals surface area contributed by atoms with E-state index in [4.69, 9.17) is 0 Å². The number of hydrogen-bond donors (Lipinski definition) is 1. The molecule has 0 spiro atoms. The van der Waals surface area contributed by atoms with Crippen LogP contribution in [0.1, 0.15) is 10.4 Å². The minimum Gasteiger partial charge on any atom is -0.759 e. The van der Waals surface area contributed by atoms with Gasteiger partial charge in [0.2, 0.25) is 5.91 Å². The molecule has 0 radical (unpaired) electrons. The second-order valence-corrected chi connectivity index (χ2v) is 2.31. The molecule has 0 atom stereocenters. The van der Waals surface area contributed by atoms with Crippen LogP contribution in [0.3, 0.4) is 0 Å². The van der Waals surface area contributed by atoms with Gasteiger partial charge in [-0.25, -0.2) is 0 Å². The van der Waals surface area contributed by atoms with Gasteiger partial charge in [-0.15, -0.1) is 0 Å². The molecule has 0 saturated heterocycles. The minimum absolute atomic E-state index is 0.220. The van der Waals surface area contributed by atoms with Gasteiger partial charge in [0, 0.05) is 0 Å². The van der Waals surface area contributed by atoms with Crippen molar-refractivity contribution in [2.45, 2.75) is 6.61 Å². The molecule has 0 aliphatic heterocycles. The van der Waals surface area contributed by atoms with E-state index >= 15 is 0 Å². The lowest BCUT2D eigenvalue weighted by atomic mass is 10.2. The molecule has 1 rings (SSSR count). The number of alkyl halides is 2. The first-order valence-corrected chi connectivity index (χ1v) is 3.61. The van der Waals surface area contributed by atoms with Crippen molar-refractivity contribution in [1.82, 2.24) is 5.48 Å². The van der Waals surface area contributed by atoms with Gasteiger partial charge in [0.1, 0.15) is 5.75 Å². The van der Waals surface area contributed by atoms with Crippen LogP contribution in [0.2, 0.25) is 0 Å². The van der Waals surface area contributed by atoms with Crippen LogP contribution in [-0.2, 0) is 0 Å². The van der Waals surface area contributed by atoms with Crippen LogP contribution >= 0.6 is 0 Å². The summed E-state index contributed by atoms with van der Waals surface area (Å²) in [5.41, 5.74) is 0.861. The molecule has 1 amide bonds. The van der Waals surface area contributed by atoms with Crippen molar-refractivity contribution in [3.8, 4) is 5.75 Å². The topological polar surface area (TPSA) is 61.4 Å². The molecule has 1 N–H and O–H groups in total. The van der Waals surface area contributed by atoms with Gasteiger partial charge in [-0.1, -0.05) is 12.1 Å². The summed E-state index contributed by atoms with van der Waals surface area (Å²) in [6, 6.07) is 5.24. The summed E-state index contributed by atoms with van der Waals surface area (Å²) in [5.74, 6) is -1.34. The van der Waals surface area contributed by atoms with Crippen LogP contribution in [0.15, 0.2) is 24.3 Å². The number of carbonyl (C=O) groups is 1. The van der Waals surface area contributed by atoms with E-state index < -0.39 is 12.5 Å². The average Bonchev–Trinajstić information content (AvgIpc) is 2.16. The van der Waals surface area contributed by atoms with Crippen molar-refractivity contribution in [2.24, 2.45) is 0 Å². The van der Waals surface area contributed by atoms with E-state index in [1.54, 1.807) is 0 Å². The highest BCUT2D eigenvalue weighted by Crippen LogP contribution is 2.19. The maximum Gasteiger partial charge on any atom is 0.387 e. The van der Waals surface area contributed by atoms with Gasteiger partial charge >= 0.3 is 6.61 Å². The van der Waals surface area contributed by atoms with Gasteiger partial charge in [0.15, 0.2) is 0 Å². The van der Waals surface area contributed by atoms with Gasteiger partial charge in [-0.2, -0.15) is 8.78 Å². The Morgan fingerprint density at radius 1 is 1.43 bits per heavy atom. The highest BCUT2D eigenvalue weighted by atomic mass is 19.3. The normalized spacial score (nSPS) is 10.0. The van der Waals surface area contributed by atoms with E-state index in [0.717, 1.165) is 5.48 Å². The highest BCUT2D eigenvalue weighted by molar-refractivity contribution is 5.97. The monoisotopic (exact) mass is 202 g/mol. The van der Waals surface area contributed by atoms with E-state index in [2.05, 4.69) is 4.74 Å². The third-order valence-corrected chi connectivity index (χ3v) is 1.44. The Morgan fingerprint density at radius 2 is 2.07 bits per heavy atom. The van der Waals surface area contributed by atoms with Crippen molar-refractivity contribution in [1.29, 1.82) is 0 Å². The molecular weight excluding hydrogens is 196 g/mol. The van der Waals surface area contributed by atoms with Gasteiger partial charge < -0.3 is 15.4 Å². The number of hydrogen-bond acceptors (Lipinski definition) is 3. The Balaban J connectivity index is 2.97. The van der Waals surface area contributed by atoms with Crippen LogP contribution in [0, 0.1) is 5.21 Å². The number of para-hydroxylation sites is 1. The fourth-order valence-corrected chi connectivity index (χ4v) is 0.908. The minimum atomic E-state index is -3.03. The number of amides is 1. The van der Waals surface area contributed by atoms with E-state index in [1.807, 2.05) is 0 Å². The summed E-state index contributed by atoms with van der Waals surface area (Å²) >= 11 is 0. The molecule has 76 valence electrons. The zero-order valence-electron chi connectivity index (χ0n) is 6.87. The summed E-state index contributed by atoms with van der Waals surface area (Å²) in [6.45, 7) is -3.03. The van der Waals surface area contributed by atoms with Crippen LogP contribution in [-0.4, -0.2) is 12.5 Å². The van der Waals surface area contributed by atoms with Gasteiger partial charge in [-0.05, 0) is 12.1 Å². The third kappa shape index (κ3) is 2.40. The van der Waals surface area contributed by atoms with Crippen LogP contribution < -0.4 is 10.2 Å². The zero-order valence-corrected chi connectivity index (χ0v) is 6.87. The fraction of sp³-hybridized carbons (Fsp3) is 0.125. The summed E-state index contributed by atoms with van der Waals surface area (Å²) in [5, 5.41) is 10.0. The molecule has 14 heavy (non-hydrogen) atoms. The second-order valence-electron chi connectivity index (χ2n) is 2.31. The average molecular weight is 202 g/mol. The molecule has 0 aliphatic rings. The quantitative estimate of drug-likeness (QED) is 0.755. The Bertz CT molecular complexity index is 330. The molecule has 0 heterocycles. The molecule has 0 saturated carbocycles. The van der Waals surface area contributed by atoms with Crippen molar-refractivity contribution in [3.05, 3.63) is 35.0 Å². The molecule has 0 unspecified atom stereocenters. The van der Waals surface area contributed by atoms with E-state index in [-0.39, 0.29) is 11.3 Å². The fourth-order valence-electron chi connectivity index (χ4n) is 0.908. The van der Waals surface area contributed by atoms with Crippen molar-refractivity contribution < 1.29 is 18.3 Å². The molecule has 1 aromatic rings. The second kappa shape index (κ2) is 4.52. The largest absolute Gasteiger partial charge is 0.759 e. The van der Waals surface area contributed by atoms with Crippen molar-refractivity contribution in [3.63, 3.8) is 0 Å². The summed E-state index contributed by atoms with van der Waals surface area (Å²) < 4.78 is 27.7. The predicted octanol–water partition coefficient (Wildman–Crippen LogP) is 1.52. The third-order valence-electron chi connectivity index (χ3n) is 1.44. The number of hydroxylamine groups is 1. The SMILES string of the molecule is O=C(N[O-])c1ccccc1OC(F)F. The number of benzene rings is 1. The Labute approximate surface area is 78.1 Å². The summed E-state index contributed by atoms with van der Waals surface area (Å²) in [6.07, 6.45) is 0. The summed E-state index contributed by atoms with van der Waals surface area (Å²) in [7, 11) is 0. The predicted molar refractivity (Wildman–Crippen MR) is 43.9 cm³/mol. The molecule has 1 aromatic carbocycles. The molecule has 4 nitrogen and oxygen atoms in total. The Kier molecular flexibility index (Phi) is 3.35. The molecule has 0 aliphatic carbocycles. The number of ether oxygens (including phenoxy) is 1. The number of nitrogens with one attached hydrogen (secondary N) is 1. The first-order chi connectivity index (χ1) is 6.65. The highest BCUT2D eigenvalue weighted by Gasteiger charge is 2.12. The Morgan fingerprint density at radius 3 is 2.64 bits per heavy atom. The van der Waals surface area contributed by atoms with Crippen molar-refractivity contribution >= 4 is 5.91 Å². The summed E-state index contributed by atoms with van der Waals surface area (Å²) in [4.78, 5) is 10.9. The molecular formula is C8H6F2NO3-. The van der Waals surface area contributed by atoms with E-state index in [0.29, 0.717) is 0 Å². The number of halogens is 2. The van der Waals surface area contributed by atoms with Crippen LogP contribution in [0.5, 0.6) is 5.75 Å².